The minimum atomic E-state index is -0.752. The Kier molecular flexibility index (Phi) is 6.41. The Morgan fingerprint density at radius 1 is 1.16 bits per heavy atom. The molecule has 4 rings (SSSR count). The van der Waals surface area contributed by atoms with Crippen molar-refractivity contribution in [3.8, 4) is 11.5 Å². The average Bonchev–Trinajstić information content (AvgIpc) is 3.39. The standard InChI is InChI=1S/C24H27N3O5/c1-3-26(4-2)12-7-13-27-21(17-8-5-6-11-25-17)20(23(29)24(27)30)22(28)16-9-10-18-19(14-16)32-15-31-18/h5-6,8-11,14,21,28H,3-4,7,12-13,15H2,1-2H3/b22-20-/t21-/m0/s1. The second-order valence-corrected chi connectivity index (χ2v) is 7.70. The SMILES string of the molecule is CCN(CC)CCCN1C(=O)C(=O)/C(=C(\O)c2ccc3c(c2)OCO3)[C@@H]1c1ccccn1. The summed E-state index contributed by atoms with van der Waals surface area (Å²) in [4.78, 5) is 34.2. The molecule has 1 aromatic heterocycles. The number of amides is 1. The highest BCUT2D eigenvalue weighted by Crippen LogP contribution is 2.40. The van der Waals surface area contributed by atoms with Gasteiger partial charge in [0, 0.05) is 18.3 Å². The molecular formula is C24H27N3O5. The number of aromatic nitrogens is 1. The molecule has 1 aromatic carbocycles. The number of Topliss-reactive ketones (excluding diaryl/α,β-unsaturated/α-hetero) is 1. The van der Waals surface area contributed by atoms with Gasteiger partial charge in [0.05, 0.1) is 11.3 Å². The number of aliphatic hydroxyl groups is 1. The lowest BCUT2D eigenvalue weighted by Gasteiger charge is -2.26. The Morgan fingerprint density at radius 3 is 2.66 bits per heavy atom. The Balaban J connectivity index is 1.71. The van der Waals surface area contributed by atoms with Gasteiger partial charge < -0.3 is 24.4 Å². The lowest BCUT2D eigenvalue weighted by atomic mass is 9.98. The van der Waals surface area contributed by atoms with Crippen LogP contribution in [0.25, 0.3) is 5.76 Å². The van der Waals surface area contributed by atoms with Gasteiger partial charge in [-0.3, -0.25) is 14.6 Å². The van der Waals surface area contributed by atoms with E-state index in [9.17, 15) is 14.7 Å². The van der Waals surface area contributed by atoms with Crippen molar-refractivity contribution >= 4 is 17.4 Å². The predicted molar refractivity (Wildman–Crippen MR) is 118 cm³/mol. The molecule has 3 heterocycles. The lowest BCUT2D eigenvalue weighted by molar-refractivity contribution is -0.140. The van der Waals surface area contributed by atoms with Gasteiger partial charge in [-0.1, -0.05) is 19.9 Å². The summed E-state index contributed by atoms with van der Waals surface area (Å²) >= 11 is 0. The molecule has 2 aliphatic rings. The summed E-state index contributed by atoms with van der Waals surface area (Å²) in [6.07, 6.45) is 2.33. The van der Waals surface area contributed by atoms with Crippen LogP contribution in [0.2, 0.25) is 0 Å². The maximum Gasteiger partial charge on any atom is 0.295 e. The van der Waals surface area contributed by atoms with E-state index in [0.29, 0.717) is 35.7 Å². The van der Waals surface area contributed by atoms with E-state index in [-0.39, 0.29) is 18.1 Å². The second kappa shape index (κ2) is 9.40. The van der Waals surface area contributed by atoms with Crippen molar-refractivity contribution in [1.82, 2.24) is 14.8 Å². The molecule has 2 aromatic rings. The van der Waals surface area contributed by atoms with Crippen molar-refractivity contribution in [1.29, 1.82) is 0 Å². The molecule has 32 heavy (non-hydrogen) atoms. The Bertz CT molecular complexity index is 1030. The van der Waals surface area contributed by atoms with Crippen molar-refractivity contribution in [3.63, 3.8) is 0 Å². The van der Waals surface area contributed by atoms with E-state index in [4.69, 9.17) is 9.47 Å². The summed E-state index contributed by atoms with van der Waals surface area (Å²) in [5, 5.41) is 11.1. The molecule has 0 saturated carbocycles. The summed E-state index contributed by atoms with van der Waals surface area (Å²) < 4.78 is 10.7. The van der Waals surface area contributed by atoms with Gasteiger partial charge in [0.1, 0.15) is 11.8 Å². The van der Waals surface area contributed by atoms with E-state index in [2.05, 4.69) is 23.7 Å². The molecule has 8 heteroatoms. The predicted octanol–water partition coefficient (Wildman–Crippen LogP) is 2.96. The van der Waals surface area contributed by atoms with E-state index >= 15 is 0 Å². The molecule has 1 N–H and O–H groups in total. The number of aliphatic hydroxyl groups excluding tert-OH is 1. The van der Waals surface area contributed by atoms with Crippen molar-refractivity contribution in [3.05, 3.63) is 59.4 Å². The van der Waals surface area contributed by atoms with Crippen LogP contribution in [-0.4, -0.2) is 64.6 Å². The van der Waals surface area contributed by atoms with E-state index in [1.165, 1.54) is 4.90 Å². The molecule has 1 amide bonds. The topological polar surface area (TPSA) is 92.2 Å². The monoisotopic (exact) mass is 437 g/mol. The number of ketones is 1. The Hall–Kier alpha value is -3.39. The molecular weight excluding hydrogens is 410 g/mol. The molecule has 0 aliphatic carbocycles. The fourth-order valence-electron chi connectivity index (χ4n) is 4.16. The van der Waals surface area contributed by atoms with Crippen LogP contribution in [-0.2, 0) is 9.59 Å². The van der Waals surface area contributed by atoms with Gasteiger partial charge in [-0.15, -0.1) is 0 Å². The van der Waals surface area contributed by atoms with Gasteiger partial charge >= 0.3 is 0 Å². The number of pyridine rings is 1. The van der Waals surface area contributed by atoms with E-state index in [0.717, 1.165) is 19.6 Å². The highest BCUT2D eigenvalue weighted by Gasteiger charge is 2.46. The summed E-state index contributed by atoms with van der Waals surface area (Å²) in [6, 6.07) is 9.52. The molecule has 1 saturated heterocycles. The van der Waals surface area contributed by atoms with Gasteiger partial charge in [-0.05, 0) is 56.4 Å². The molecule has 8 nitrogen and oxygen atoms in total. The average molecular weight is 437 g/mol. The van der Waals surface area contributed by atoms with Crippen LogP contribution < -0.4 is 9.47 Å². The zero-order chi connectivity index (χ0) is 22.7. The molecule has 0 unspecified atom stereocenters. The Morgan fingerprint density at radius 2 is 1.94 bits per heavy atom. The zero-order valence-corrected chi connectivity index (χ0v) is 18.3. The van der Waals surface area contributed by atoms with Crippen LogP contribution in [0.4, 0.5) is 0 Å². The minimum absolute atomic E-state index is 0.0374. The third-order valence-electron chi connectivity index (χ3n) is 5.92. The van der Waals surface area contributed by atoms with Crippen LogP contribution in [0.5, 0.6) is 11.5 Å². The first-order valence-corrected chi connectivity index (χ1v) is 10.9. The number of carbonyl (C=O) groups is 2. The number of likely N-dealkylation sites (tertiary alicyclic amines) is 1. The number of carbonyl (C=O) groups excluding carboxylic acids is 2. The number of hydrogen-bond donors (Lipinski definition) is 1. The highest BCUT2D eigenvalue weighted by molar-refractivity contribution is 6.46. The maximum absolute atomic E-state index is 13.1. The summed E-state index contributed by atoms with van der Waals surface area (Å²) in [5.74, 6) is -0.527. The fraction of sp³-hybridized carbons (Fsp3) is 0.375. The number of fused-ring (bicyclic) bond motifs is 1. The van der Waals surface area contributed by atoms with Gasteiger partial charge in [0.2, 0.25) is 6.79 Å². The van der Waals surface area contributed by atoms with Crippen molar-refractivity contribution in [2.45, 2.75) is 26.3 Å². The van der Waals surface area contributed by atoms with Crippen LogP contribution >= 0.6 is 0 Å². The molecule has 1 atom stereocenters. The first-order chi connectivity index (χ1) is 15.5. The molecule has 1 fully saturated rings. The summed E-state index contributed by atoms with van der Waals surface area (Å²) in [7, 11) is 0. The molecule has 168 valence electrons. The van der Waals surface area contributed by atoms with Gasteiger partial charge in [0.15, 0.2) is 11.5 Å². The third kappa shape index (κ3) is 4.05. The normalized spacial score (nSPS) is 19.2. The summed E-state index contributed by atoms with van der Waals surface area (Å²) in [6.45, 7) is 7.33. The minimum Gasteiger partial charge on any atom is -0.507 e. The van der Waals surface area contributed by atoms with E-state index < -0.39 is 17.7 Å². The highest BCUT2D eigenvalue weighted by atomic mass is 16.7. The number of nitrogens with zero attached hydrogens (tertiary/aromatic N) is 3. The first kappa shape index (κ1) is 21.8. The first-order valence-electron chi connectivity index (χ1n) is 10.9. The van der Waals surface area contributed by atoms with Gasteiger partial charge in [0.25, 0.3) is 11.7 Å². The lowest BCUT2D eigenvalue weighted by Crippen LogP contribution is -2.33. The van der Waals surface area contributed by atoms with Crippen LogP contribution in [0, 0.1) is 0 Å². The number of hydrogen-bond acceptors (Lipinski definition) is 7. The quantitative estimate of drug-likeness (QED) is 0.386. The molecule has 0 bridgehead atoms. The van der Waals surface area contributed by atoms with E-state index in [1.54, 1.807) is 42.6 Å². The summed E-state index contributed by atoms with van der Waals surface area (Å²) in [5.41, 5.74) is 0.962. The van der Waals surface area contributed by atoms with Crippen LogP contribution in [0.1, 0.15) is 37.6 Å². The van der Waals surface area contributed by atoms with Crippen LogP contribution in [0.15, 0.2) is 48.2 Å². The van der Waals surface area contributed by atoms with Gasteiger partial charge in [-0.2, -0.15) is 0 Å². The number of benzene rings is 1. The second-order valence-electron chi connectivity index (χ2n) is 7.70. The van der Waals surface area contributed by atoms with Crippen molar-refractivity contribution in [2.24, 2.45) is 0 Å². The Labute approximate surface area is 187 Å². The smallest absolute Gasteiger partial charge is 0.295 e. The fourth-order valence-corrected chi connectivity index (χ4v) is 4.16. The van der Waals surface area contributed by atoms with Crippen LogP contribution in [0.3, 0.4) is 0 Å². The maximum atomic E-state index is 13.1. The molecule has 0 radical (unpaired) electrons. The number of rotatable bonds is 8. The molecule has 0 spiro atoms. The van der Waals surface area contributed by atoms with Crippen molar-refractivity contribution < 1.29 is 24.2 Å². The van der Waals surface area contributed by atoms with Gasteiger partial charge in [-0.25, -0.2) is 0 Å². The molecule has 2 aliphatic heterocycles. The zero-order valence-electron chi connectivity index (χ0n) is 18.3. The van der Waals surface area contributed by atoms with E-state index in [1.807, 2.05) is 0 Å². The largest absolute Gasteiger partial charge is 0.507 e. The van der Waals surface area contributed by atoms with Crippen molar-refractivity contribution in [2.75, 3.05) is 33.0 Å². The third-order valence-corrected chi connectivity index (χ3v) is 5.92. The number of ether oxygens (including phenoxy) is 2.